The fourth-order valence-electron chi connectivity index (χ4n) is 4.38. The molecule has 1 aromatic carbocycles. The molecule has 0 radical (unpaired) electrons. The van der Waals surface area contributed by atoms with Crippen LogP contribution in [0.15, 0.2) is 24.3 Å². The fourth-order valence-corrected chi connectivity index (χ4v) is 4.38. The maximum absolute atomic E-state index is 12.6. The van der Waals surface area contributed by atoms with Gasteiger partial charge in [-0.2, -0.15) is 0 Å². The third kappa shape index (κ3) is 2.44. The Morgan fingerprint density at radius 1 is 1.17 bits per heavy atom. The van der Waals surface area contributed by atoms with E-state index in [1.54, 1.807) is 24.3 Å². The van der Waals surface area contributed by atoms with Crippen molar-refractivity contribution in [2.24, 2.45) is 16.7 Å². The molecular weight excluding hydrogens is 292 g/mol. The van der Waals surface area contributed by atoms with Gasteiger partial charge in [-0.3, -0.25) is 4.79 Å². The molecule has 0 unspecified atom stereocenters. The molecule has 0 spiro atoms. The lowest BCUT2D eigenvalue weighted by molar-refractivity contribution is -0.131. The molecule has 0 aromatic heterocycles. The molecule has 4 heteroatoms. The van der Waals surface area contributed by atoms with E-state index in [9.17, 15) is 9.59 Å². The smallest absolute Gasteiger partial charge is 0.342 e. The number of hydrogen-bond acceptors (Lipinski definition) is 4. The van der Waals surface area contributed by atoms with Crippen molar-refractivity contribution in [2.45, 2.75) is 53.1 Å². The van der Waals surface area contributed by atoms with Crippen molar-refractivity contribution in [3.63, 3.8) is 0 Å². The van der Waals surface area contributed by atoms with Gasteiger partial charge in [-0.1, -0.05) is 32.9 Å². The molecule has 2 saturated carbocycles. The van der Waals surface area contributed by atoms with Gasteiger partial charge in [0.15, 0.2) is 0 Å². The average molecular weight is 316 g/mol. The summed E-state index contributed by atoms with van der Waals surface area (Å²) in [5, 5.41) is 0. The van der Waals surface area contributed by atoms with Crippen molar-refractivity contribution in [2.75, 3.05) is 0 Å². The zero-order valence-corrected chi connectivity index (χ0v) is 14.2. The summed E-state index contributed by atoms with van der Waals surface area (Å²) in [6.45, 7) is 8.12. The molecule has 0 N–H and O–H groups in total. The Kier molecular flexibility index (Phi) is 3.74. The molecule has 0 amide bonds. The molecule has 0 aliphatic heterocycles. The number of carbonyl (C=O) groups is 2. The van der Waals surface area contributed by atoms with Crippen LogP contribution in [0, 0.1) is 16.7 Å². The zero-order chi connectivity index (χ0) is 16.8. The normalized spacial score (nSPS) is 31.0. The second-order valence-corrected chi connectivity index (χ2v) is 7.59. The summed E-state index contributed by atoms with van der Waals surface area (Å²) in [6.07, 6.45) is 3.15. The van der Waals surface area contributed by atoms with E-state index in [2.05, 4.69) is 20.8 Å². The molecule has 0 saturated heterocycles. The van der Waals surface area contributed by atoms with Gasteiger partial charge >= 0.3 is 11.9 Å². The lowest BCUT2D eigenvalue weighted by Gasteiger charge is -2.38. The lowest BCUT2D eigenvalue weighted by Crippen LogP contribution is -2.38. The van der Waals surface area contributed by atoms with E-state index < -0.39 is 11.9 Å². The predicted octanol–water partition coefficient (Wildman–Crippen LogP) is 3.98. The summed E-state index contributed by atoms with van der Waals surface area (Å²) in [5.74, 6) is 0.0151. The Balaban J connectivity index is 1.80. The van der Waals surface area contributed by atoms with E-state index in [-0.39, 0.29) is 22.7 Å². The molecule has 3 atom stereocenters. The first kappa shape index (κ1) is 16.0. The Bertz CT molecular complexity index is 649. The quantitative estimate of drug-likeness (QED) is 0.625. The lowest BCUT2D eigenvalue weighted by atomic mass is 9.70. The van der Waals surface area contributed by atoms with Gasteiger partial charge in [0.2, 0.25) is 0 Å². The number of benzene rings is 1. The number of rotatable bonds is 3. The number of esters is 2. The van der Waals surface area contributed by atoms with E-state index >= 15 is 0 Å². The van der Waals surface area contributed by atoms with E-state index in [0.717, 1.165) is 12.8 Å². The number of fused-ring (bicyclic) bond motifs is 2. The summed E-state index contributed by atoms with van der Waals surface area (Å²) < 4.78 is 11.0. The maximum atomic E-state index is 12.6. The van der Waals surface area contributed by atoms with Gasteiger partial charge in [0.1, 0.15) is 17.4 Å². The predicted molar refractivity (Wildman–Crippen MR) is 86.2 cm³/mol. The number of hydrogen-bond donors (Lipinski definition) is 0. The third-order valence-corrected chi connectivity index (χ3v) is 6.32. The average Bonchev–Trinajstić information content (AvgIpc) is 2.80. The second-order valence-electron chi connectivity index (χ2n) is 7.59. The minimum atomic E-state index is -0.446. The van der Waals surface area contributed by atoms with Gasteiger partial charge in [0.05, 0.1) is 0 Å². The van der Waals surface area contributed by atoms with E-state index in [1.165, 1.54) is 13.3 Å². The number of carbonyl (C=O) groups excluding carboxylic acids is 2. The van der Waals surface area contributed by atoms with Crippen LogP contribution >= 0.6 is 0 Å². The fraction of sp³-hybridized carbons (Fsp3) is 0.579. The molecule has 2 aliphatic carbocycles. The molecule has 2 aliphatic rings. The molecule has 23 heavy (non-hydrogen) atoms. The van der Waals surface area contributed by atoms with E-state index in [4.69, 9.17) is 9.47 Å². The summed E-state index contributed by atoms with van der Waals surface area (Å²) >= 11 is 0. The highest BCUT2D eigenvalue weighted by molar-refractivity contribution is 5.93. The van der Waals surface area contributed by atoms with Crippen LogP contribution in [0.25, 0.3) is 0 Å². The van der Waals surface area contributed by atoms with Gasteiger partial charge in [-0.25, -0.2) is 4.79 Å². The van der Waals surface area contributed by atoms with Crippen LogP contribution in [0.5, 0.6) is 5.75 Å². The molecule has 2 fully saturated rings. The zero-order valence-electron chi connectivity index (χ0n) is 14.2. The van der Waals surface area contributed by atoms with Gasteiger partial charge in [-0.05, 0) is 42.7 Å². The Morgan fingerprint density at radius 3 is 2.43 bits per heavy atom. The van der Waals surface area contributed by atoms with Gasteiger partial charge in [0, 0.05) is 12.3 Å². The molecule has 3 rings (SSSR count). The van der Waals surface area contributed by atoms with Crippen LogP contribution in [0.2, 0.25) is 0 Å². The number of para-hydroxylation sites is 1. The Labute approximate surface area is 137 Å². The van der Waals surface area contributed by atoms with Crippen LogP contribution in [-0.2, 0) is 9.53 Å². The summed E-state index contributed by atoms with van der Waals surface area (Å²) in [7, 11) is 0. The summed E-state index contributed by atoms with van der Waals surface area (Å²) in [5.41, 5.74) is 0.517. The number of ether oxygens (including phenoxy) is 2. The van der Waals surface area contributed by atoms with Crippen molar-refractivity contribution in [1.82, 2.24) is 0 Å². The van der Waals surface area contributed by atoms with Crippen LogP contribution in [-0.4, -0.2) is 18.0 Å². The largest absolute Gasteiger partial charge is 0.458 e. The van der Waals surface area contributed by atoms with E-state index in [1.807, 2.05) is 0 Å². The van der Waals surface area contributed by atoms with Crippen molar-refractivity contribution < 1.29 is 19.1 Å². The van der Waals surface area contributed by atoms with Crippen LogP contribution in [0.1, 0.15) is 57.3 Å². The molecule has 124 valence electrons. The molecule has 0 heterocycles. The van der Waals surface area contributed by atoms with Crippen molar-refractivity contribution in [3.8, 4) is 5.75 Å². The SMILES string of the molecule is CC(=O)Oc1ccccc1C(=O)O[C@H]1C[C@@H]2CC[C@]1(C)C2(C)C. The first-order valence-corrected chi connectivity index (χ1v) is 8.24. The minimum absolute atomic E-state index is 0.0176. The van der Waals surface area contributed by atoms with Crippen molar-refractivity contribution in [1.29, 1.82) is 0 Å². The molecule has 2 bridgehead atoms. The summed E-state index contributed by atoms with van der Waals surface area (Å²) in [6, 6.07) is 6.73. The highest BCUT2D eigenvalue weighted by Gasteiger charge is 2.62. The highest BCUT2D eigenvalue weighted by Crippen LogP contribution is 2.66. The maximum Gasteiger partial charge on any atom is 0.342 e. The van der Waals surface area contributed by atoms with Crippen molar-refractivity contribution >= 4 is 11.9 Å². The second kappa shape index (κ2) is 5.36. The molecule has 4 nitrogen and oxygen atoms in total. The Hall–Kier alpha value is -1.84. The summed E-state index contributed by atoms with van der Waals surface area (Å²) in [4.78, 5) is 23.8. The first-order valence-electron chi connectivity index (χ1n) is 8.24. The molecular formula is C19H24O4. The molecule has 1 aromatic rings. The first-order chi connectivity index (χ1) is 10.8. The van der Waals surface area contributed by atoms with Crippen LogP contribution in [0.4, 0.5) is 0 Å². The van der Waals surface area contributed by atoms with Crippen molar-refractivity contribution in [3.05, 3.63) is 29.8 Å². The van der Waals surface area contributed by atoms with Gasteiger partial charge in [-0.15, -0.1) is 0 Å². The standard InChI is InChI=1S/C19H24O4/c1-12(20)22-15-8-6-5-7-14(15)17(21)23-16-11-13-9-10-19(16,4)18(13,2)3/h5-8,13,16H,9-11H2,1-4H3/t13-,16-,19-/m0/s1. The van der Waals surface area contributed by atoms with Crippen LogP contribution in [0.3, 0.4) is 0 Å². The monoisotopic (exact) mass is 316 g/mol. The third-order valence-electron chi connectivity index (χ3n) is 6.32. The van der Waals surface area contributed by atoms with Gasteiger partial charge < -0.3 is 9.47 Å². The Morgan fingerprint density at radius 2 is 1.87 bits per heavy atom. The van der Waals surface area contributed by atoms with E-state index in [0.29, 0.717) is 11.5 Å². The van der Waals surface area contributed by atoms with Crippen LogP contribution < -0.4 is 4.74 Å². The minimum Gasteiger partial charge on any atom is -0.458 e. The topological polar surface area (TPSA) is 52.6 Å². The highest BCUT2D eigenvalue weighted by atomic mass is 16.6. The van der Waals surface area contributed by atoms with Gasteiger partial charge in [0.25, 0.3) is 0 Å².